The van der Waals surface area contributed by atoms with Gasteiger partial charge in [0.15, 0.2) is 0 Å². The molecule has 0 N–H and O–H groups in total. The van der Waals surface area contributed by atoms with E-state index in [2.05, 4.69) is 17.0 Å². The van der Waals surface area contributed by atoms with E-state index in [-0.39, 0.29) is 11.5 Å². The van der Waals surface area contributed by atoms with Crippen LogP contribution in [0.5, 0.6) is 11.5 Å². The van der Waals surface area contributed by atoms with E-state index in [1.54, 1.807) is 35.0 Å². The van der Waals surface area contributed by atoms with Crippen molar-refractivity contribution in [3.05, 3.63) is 79.9 Å². The number of methoxy groups -OCH3 is 2. The maximum atomic E-state index is 13.5. The lowest BCUT2D eigenvalue weighted by molar-refractivity contribution is 0.0779. The lowest BCUT2D eigenvalue weighted by atomic mass is 10.1. The molecule has 1 aromatic carbocycles. The molecule has 4 rings (SSSR count). The first kappa shape index (κ1) is 23.1. The predicted molar refractivity (Wildman–Crippen MR) is 129 cm³/mol. The number of fused-ring (bicyclic) bond motifs is 1. The van der Waals surface area contributed by atoms with E-state index in [1.165, 1.54) is 18.7 Å². The summed E-state index contributed by atoms with van der Waals surface area (Å²) in [5.41, 5.74) is 3.36. The summed E-state index contributed by atoms with van der Waals surface area (Å²) in [6.45, 7) is 3.28. The molecule has 0 spiro atoms. The summed E-state index contributed by atoms with van der Waals surface area (Å²) in [6, 6.07) is 11.5. The maximum absolute atomic E-state index is 13.5. The summed E-state index contributed by atoms with van der Waals surface area (Å²) < 4.78 is 12.5. The lowest BCUT2D eigenvalue weighted by Gasteiger charge is -2.22. The number of carbonyl (C=O) groups is 1. The van der Waals surface area contributed by atoms with Gasteiger partial charge < -0.3 is 18.9 Å². The highest BCUT2D eigenvalue weighted by Crippen LogP contribution is 2.25. The third kappa shape index (κ3) is 5.12. The summed E-state index contributed by atoms with van der Waals surface area (Å²) in [5, 5.41) is 4.04. The minimum absolute atomic E-state index is 0.134. The molecule has 174 valence electrons. The van der Waals surface area contributed by atoms with Crippen LogP contribution in [0.15, 0.2) is 52.0 Å². The van der Waals surface area contributed by atoms with Crippen LogP contribution in [0, 0.1) is 0 Å². The zero-order chi connectivity index (χ0) is 23.4. The third-order valence-electron chi connectivity index (χ3n) is 6.03. The molecule has 1 amide bonds. The highest BCUT2D eigenvalue weighted by molar-refractivity contribution is 7.07. The molecule has 0 radical (unpaired) electrons. The van der Waals surface area contributed by atoms with Gasteiger partial charge in [-0.1, -0.05) is 12.1 Å². The third-order valence-corrected chi connectivity index (χ3v) is 6.76. The Hall–Kier alpha value is -3.10. The van der Waals surface area contributed by atoms with E-state index >= 15 is 0 Å². The van der Waals surface area contributed by atoms with Gasteiger partial charge in [0, 0.05) is 58.0 Å². The van der Waals surface area contributed by atoms with Crippen LogP contribution in [0.1, 0.15) is 27.2 Å². The van der Waals surface area contributed by atoms with Gasteiger partial charge in [0.25, 0.3) is 11.5 Å². The van der Waals surface area contributed by atoms with Crippen LogP contribution in [0.3, 0.4) is 0 Å². The van der Waals surface area contributed by atoms with Crippen molar-refractivity contribution >= 4 is 17.2 Å². The lowest BCUT2D eigenvalue weighted by Crippen LogP contribution is -2.32. The van der Waals surface area contributed by atoms with Gasteiger partial charge in [-0.25, -0.2) is 0 Å². The fraction of sp³-hybridized carbons (Fsp3) is 0.360. The van der Waals surface area contributed by atoms with Crippen molar-refractivity contribution in [1.82, 2.24) is 14.4 Å². The van der Waals surface area contributed by atoms with E-state index in [0.29, 0.717) is 30.8 Å². The van der Waals surface area contributed by atoms with Gasteiger partial charge in [-0.2, -0.15) is 11.3 Å². The van der Waals surface area contributed by atoms with Crippen LogP contribution in [-0.4, -0.2) is 54.6 Å². The van der Waals surface area contributed by atoms with Gasteiger partial charge in [0.2, 0.25) is 0 Å². The number of aromatic nitrogens is 1. The summed E-state index contributed by atoms with van der Waals surface area (Å²) >= 11 is 1.61. The molecule has 0 fully saturated rings. The van der Waals surface area contributed by atoms with Crippen molar-refractivity contribution in [2.75, 3.05) is 34.4 Å². The molecule has 7 nitrogen and oxygen atoms in total. The number of thiophene rings is 1. The first-order chi connectivity index (χ1) is 16.0. The van der Waals surface area contributed by atoms with Crippen LogP contribution >= 0.6 is 11.3 Å². The van der Waals surface area contributed by atoms with Gasteiger partial charge in [0.1, 0.15) is 17.1 Å². The molecule has 0 saturated heterocycles. The number of carbonyl (C=O) groups excluding carboxylic acids is 1. The number of pyridine rings is 1. The van der Waals surface area contributed by atoms with E-state index in [0.717, 1.165) is 36.6 Å². The highest BCUT2D eigenvalue weighted by atomic mass is 32.1. The molecule has 3 aromatic rings. The van der Waals surface area contributed by atoms with Crippen LogP contribution in [0.2, 0.25) is 0 Å². The van der Waals surface area contributed by atoms with E-state index < -0.39 is 0 Å². The normalized spacial score (nSPS) is 13.8. The van der Waals surface area contributed by atoms with Crippen molar-refractivity contribution in [3.8, 4) is 11.5 Å². The largest absolute Gasteiger partial charge is 0.497 e. The monoisotopic (exact) mass is 467 g/mol. The molecule has 3 heterocycles. The Labute approximate surface area is 197 Å². The smallest absolute Gasteiger partial charge is 0.259 e. The van der Waals surface area contributed by atoms with Gasteiger partial charge >= 0.3 is 0 Å². The quantitative estimate of drug-likeness (QED) is 0.534. The Morgan fingerprint density at radius 2 is 1.85 bits per heavy atom. The molecule has 0 unspecified atom stereocenters. The SMILES string of the molecule is COc1ccc(CN2CCc3c(C(=O)N(C)Cc4ccsc4)c(OC)cc(=O)n3CC2)cc1. The molecular formula is C25H29N3O4S. The summed E-state index contributed by atoms with van der Waals surface area (Å²) in [6.07, 6.45) is 0.593. The Morgan fingerprint density at radius 3 is 2.52 bits per heavy atom. The number of rotatable bonds is 7. The molecule has 0 atom stereocenters. The molecule has 1 aliphatic rings. The van der Waals surface area contributed by atoms with E-state index in [4.69, 9.17) is 9.47 Å². The Bertz CT molecular complexity index is 1160. The van der Waals surface area contributed by atoms with Crippen LogP contribution < -0.4 is 15.0 Å². The maximum Gasteiger partial charge on any atom is 0.259 e. The predicted octanol–water partition coefficient (Wildman–Crippen LogP) is 3.26. The van der Waals surface area contributed by atoms with Crippen molar-refractivity contribution in [2.24, 2.45) is 0 Å². The van der Waals surface area contributed by atoms with Gasteiger partial charge in [0.05, 0.1) is 14.2 Å². The molecule has 0 saturated carbocycles. The molecule has 2 aromatic heterocycles. The van der Waals surface area contributed by atoms with Crippen LogP contribution in [0.25, 0.3) is 0 Å². The number of amides is 1. The molecule has 8 heteroatoms. The van der Waals surface area contributed by atoms with Gasteiger partial charge in [-0.15, -0.1) is 0 Å². The topological polar surface area (TPSA) is 64.0 Å². The summed E-state index contributed by atoms with van der Waals surface area (Å²) in [5.74, 6) is 1.04. The minimum atomic E-state index is -0.134. The number of benzene rings is 1. The molecule has 1 aliphatic heterocycles. The second-order valence-electron chi connectivity index (χ2n) is 8.19. The molecule has 33 heavy (non-hydrogen) atoms. The van der Waals surface area contributed by atoms with Crippen molar-refractivity contribution < 1.29 is 14.3 Å². The highest BCUT2D eigenvalue weighted by Gasteiger charge is 2.27. The van der Waals surface area contributed by atoms with Gasteiger partial charge in [-0.05, 0) is 40.1 Å². The average molecular weight is 468 g/mol. The van der Waals surface area contributed by atoms with Crippen LogP contribution in [-0.2, 0) is 26.1 Å². The first-order valence-electron chi connectivity index (χ1n) is 10.9. The Morgan fingerprint density at radius 1 is 1.06 bits per heavy atom. The number of hydrogen-bond donors (Lipinski definition) is 0. The van der Waals surface area contributed by atoms with E-state index in [1.807, 2.05) is 29.0 Å². The Balaban J connectivity index is 1.58. The first-order valence-corrected chi connectivity index (χ1v) is 11.9. The number of ether oxygens (including phenoxy) is 2. The second kappa shape index (κ2) is 10.2. The Kier molecular flexibility index (Phi) is 7.15. The molecule has 0 bridgehead atoms. The standard InChI is InChI=1S/C25H29N3O4S/c1-26(15-19-9-13-33-17-19)25(30)24-21-8-10-27(16-18-4-6-20(31-2)7-5-18)11-12-28(21)23(29)14-22(24)32-3/h4-7,9,13-14,17H,8,10-12,15-16H2,1-3H3. The minimum Gasteiger partial charge on any atom is -0.497 e. The summed E-state index contributed by atoms with van der Waals surface area (Å²) in [4.78, 5) is 30.3. The van der Waals surface area contributed by atoms with Gasteiger partial charge in [-0.3, -0.25) is 14.5 Å². The molecule has 0 aliphatic carbocycles. The van der Waals surface area contributed by atoms with Crippen molar-refractivity contribution in [2.45, 2.75) is 26.1 Å². The zero-order valence-corrected chi connectivity index (χ0v) is 20.1. The van der Waals surface area contributed by atoms with E-state index in [9.17, 15) is 9.59 Å². The fourth-order valence-corrected chi connectivity index (χ4v) is 4.91. The van der Waals surface area contributed by atoms with Crippen molar-refractivity contribution in [1.29, 1.82) is 0 Å². The summed E-state index contributed by atoms with van der Waals surface area (Å²) in [7, 11) is 4.95. The number of hydrogen-bond acceptors (Lipinski definition) is 6. The van der Waals surface area contributed by atoms with Crippen molar-refractivity contribution in [3.63, 3.8) is 0 Å². The zero-order valence-electron chi connectivity index (χ0n) is 19.2. The average Bonchev–Trinajstić information content (AvgIpc) is 3.25. The fourth-order valence-electron chi connectivity index (χ4n) is 4.25. The molecular weight excluding hydrogens is 438 g/mol. The number of nitrogens with zero attached hydrogens (tertiary/aromatic N) is 3. The second-order valence-corrected chi connectivity index (χ2v) is 8.97. The van der Waals surface area contributed by atoms with Crippen LogP contribution in [0.4, 0.5) is 0 Å².